The summed E-state index contributed by atoms with van der Waals surface area (Å²) in [7, 11) is 0. The molecule has 1 N–H and O–H groups in total. The summed E-state index contributed by atoms with van der Waals surface area (Å²) in [5, 5.41) is 8.72. The molecule has 1 amide bonds. The van der Waals surface area contributed by atoms with Gasteiger partial charge in [-0.05, 0) is 18.2 Å². The van der Waals surface area contributed by atoms with E-state index in [1.165, 1.54) is 0 Å². The maximum absolute atomic E-state index is 11.7. The molecule has 0 atom stereocenters. The fourth-order valence-corrected chi connectivity index (χ4v) is 2.19. The van der Waals surface area contributed by atoms with Crippen LogP contribution >= 0.6 is 15.9 Å². The third-order valence-corrected chi connectivity index (χ3v) is 3.46. The lowest BCUT2D eigenvalue weighted by Gasteiger charge is -2.36. The Bertz CT molecular complexity index is 485. The first-order valence-corrected chi connectivity index (χ1v) is 6.74. The zero-order valence-electron chi connectivity index (χ0n) is 10.2. The monoisotopic (exact) mass is 327 g/mol. The SMILES string of the molecule is O=C(O)C1CN(C(=O)CCOc2cccc(Br)c2)C1. The van der Waals surface area contributed by atoms with Gasteiger partial charge in [-0.2, -0.15) is 0 Å². The third kappa shape index (κ3) is 3.70. The number of likely N-dealkylation sites (tertiary alicyclic amines) is 1. The van der Waals surface area contributed by atoms with E-state index in [1.807, 2.05) is 24.3 Å². The number of carboxylic acids is 1. The lowest BCUT2D eigenvalue weighted by Crippen LogP contribution is -2.53. The van der Waals surface area contributed by atoms with Crippen LogP contribution in [0.3, 0.4) is 0 Å². The van der Waals surface area contributed by atoms with Crippen LogP contribution in [0, 0.1) is 5.92 Å². The summed E-state index contributed by atoms with van der Waals surface area (Å²) in [6, 6.07) is 7.39. The highest BCUT2D eigenvalue weighted by molar-refractivity contribution is 9.10. The maximum atomic E-state index is 11.7. The van der Waals surface area contributed by atoms with E-state index in [9.17, 15) is 9.59 Å². The van der Waals surface area contributed by atoms with Gasteiger partial charge in [0.25, 0.3) is 0 Å². The summed E-state index contributed by atoms with van der Waals surface area (Å²) in [6.07, 6.45) is 0.263. The Kier molecular flexibility index (Phi) is 4.42. The van der Waals surface area contributed by atoms with Gasteiger partial charge in [0.05, 0.1) is 18.9 Å². The van der Waals surface area contributed by atoms with Crippen LogP contribution in [-0.2, 0) is 9.59 Å². The van der Waals surface area contributed by atoms with Crippen molar-refractivity contribution in [2.24, 2.45) is 5.92 Å². The quantitative estimate of drug-likeness (QED) is 0.894. The van der Waals surface area contributed by atoms with E-state index in [1.54, 1.807) is 4.90 Å². The Balaban J connectivity index is 1.69. The molecule has 1 heterocycles. The number of hydrogen-bond donors (Lipinski definition) is 1. The number of aliphatic carboxylic acids is 1. The first-order valence-electron chi connectivity index (χ1n) is 5.95. The van der Waals surface area contributed by atoms with Gasteiger partial charge in [0.15, 0.2) is 0 Å². The highest BCUT2D eigenvalue weighted by Crippen LogP contribution is 2.19. The summed E-state index contributed by atoms with van der Waals surface area (Å²) in [5.41, 5.74) is 0. The van der Waals surface area contributed by atoms with Crippen LogP contribution in [-0.4, -0.2) is 41.6 Å². The highest BCUT2D eigenvalue weighted by Gasteiger charge is 2.35. The molecule has 1 aromatic rings. The number of halogens is 1. The van der Waals surface area contributed by atoms with Crippen molar-refractivity contribution >= 4 is 27.8 Å². The number of rotatable bonds is 5. The fourth-order valence-electron chi connectivity index (χ4n) is 1.81. The van der Waals surface area contributed by atoms with Crippen molar-refractivity contribution in [1.82, 2.24) is 4.90 Å². The second-order valence-electron chi connectivity index (χ2n) is 4.39. The molecule has 0 saturated carbocycles. The summed E-state index contributed by atoms with van der Waals surface area (Å²) in [4.78, 5) is 23.9. The van der Waals surface area contributed by atoms with Gasteiger partial charge in [-0.3, -0.25) is 9.59 Å². The number of carboxylic acid groups (broad SMARTS) is 1. The van der Waals surface area contributed by atoms with Crippen LogP contribution in [0.4, 0.5) is 0 Å². The minimum absolute atomic E-state index is 0.0625. The topological polar surface area (TPSA) is 66.8 Å². The van der Waals surface area contributed by atoms with Crippen molar-refractivity contribution in [2.45, 2.75) is 6.42 Å². The van der Waals surface area contributed by atoms with Crippen LogP contribution in [0.15, 0.2) is 28.7 Å². The number of nitrogens with zero attached hydrogens (tertiary/aromatic N) is 1. The van der Waals surface area contributed by atoms with Gasteiger partial charge in [0.1, 0.15) is 5.75 Å². The van der Waals surface area contributed by atoms with Crippen LogP contribution in [0.5, 0.6) is 5.75 Å². The molecule has 1 aromatic carbocycles. The third-order valence-electron chi connectivity index (χ3n) is 2.96. The van der Waals surface area contributed by atoms with Crippen molar-refractivity contribution in [1.29, 1.82) is 0 Å². The minimum atomic E-state index is -0.838. The zero-order chi connectivity index (χ0) is 13.8. The van der Waals surface area contributed by atoms with Crippen molar-refractivity contribution in [2.75, 3.05) is 19.7 Å². The minimum Gasteiger partial charge on any atom is -0.493 e. The van der Waals surface area contributed by atoms with E-state index in [2.05, 4.69) is 15.9 Å². The van der Waals surface area contributed by atoms with Gasteiger partial charge in [-0.15, -0.1) is 0 Å². The molecule has 0 radical (unpaired) electrons. The molecule has 102 valence electrons. The predicted octanol–water partition coefficient (Wildman–Crippen LogP) is 1.76. The second-order valence-corrected chi connectivity index (χ2v) is 5.31. The first kappa shape index (κ1) is 13.9. The van der Waals surface area contributed by atoms with Gasteiger partial charge < -0.3 is 14.7 Å². The van der Waals surface area contributed by atoms with Crippen molar-refractivity contribution in [3.8, 4) is 5.75 Å². The molecule has 0 aliphatic carbocycles. The Morgan fingerprint density at radius 1 is 1.42 bits per heavy atom. The molecule has 5 nitrogen and oxygen atoms in total. The fraction of sp³-hybridized carbons (Fsp3) is 0.385. The van der Waals surface area contributed by atoms with Gasteiger partial charge >= 0.3 is 5.97 Å². The van der Waals surface area contributed by atoms with Crippen LogP contribution in [0.25, 0.3) is 0 Å². The summed E-state index contributed by atoms with van der Waals surface area (Å²) in [5.74, 6) is -0.605. The maximum Gasteiger partial charge on any atom is 0.310 e. The Morgan fingerprint density at radius 2 is 2.16 bits per heavy atom. The summed E-state index contributed by atoms with van der Waals surface area (Å²) in [6.45, 7) is 0.916. The van der Waals surface area contributed by atoms with Gasteiger partial charge in [-0.1, -0.05) is 22.0 Å². The van der Waals surface area contributed by atoms with Crippen molar-refractivity contribution < 1.29 is 19.4 Å². The molecule has 6 heteroatoms. The van der Waals surface area contributed by atoms with Crippen LogP contribution in [0.1, 0.15) is 6.42 Å². The number of hydrogen-bond acceptors (Lipinski definition) is 3. The van der Waals surface area contributed by atoms with Crippen molar-refractivity contribution in [3.63, 3.8) is 0 Å². The Labute approximate surface area is 119 Å². The Hall–Kier alpha value is -1.56. The molecule has 0 unspecified atom stereocenters. The van der Waals surface area contributed by atoms with E-state index in [0.29, 0.717) is 25.4 Å². The number of carbonyl (C=O) groups excluding carboxylic acids is 1. The lowest BCUT2D eigenvalue weighted by molar-refractivity contribution is -0.152. The largest absolute Gasteiger partial charge is 0.493 e. The highest BCUT2D eigenvalue weighted by atomic mass is 79.9. The molecule has 1 saturated heterocycles. The number of benzene rings is 1. The van der Waals surface area contributed by atoms with E-state index < -0.39 is 11.9 Å². The summed E-state index contributed by atoms with van der Waals surface area (Å²) < 4.78 is 6.38. The smallest absolute Gasteiger partial charge is 0.310 e. The van der Waals surface area contributed by atoms with Gasteiger partial charge in [0.2, 0.25) is 5.91 Å². The average Bonchev–Trinajstić information content (AvgIpc) is 2.26. The number of ether oxygens (including phenoxy) is 1. The summed E-state index contributed by atoms with van der Waals surface area (Å²) >= 11 is 3.34. The second kappa shape index (κ2) is 6.06. The normalized spacial score (nSPS) is 14.9. The molecule has 1 aliphatic rings. The van der Waals surface area contributed by atoms with E-state index >= 15 is 0 Å². The molecular formula is C13H14BrNO4. The molecule has 0 aromatic heterocycles. The van der Waals surface area contributed by atoms with Gasteiger partial charge in [-0.25, -0.2) is 0 Å². The molecule has 2 rings (SSSR count). The van der Waals surface area contributed by atoms with Crippen LogP contribution < -0.4 is 4.74 Å². The molecule has 0 spiro atoms. The van der Waals surface area contributed by atoms with Gasteiger partial charge in [0, 0.05) is 17.6 Å². The number of carbonyl (C=O) groups is 2. The van der Waals surface area contributed by atoms with Crippen LogP contribution in [0.2, 0.25) is 0 Å². The number of amides is 1. The molecule has 19 heavy (non-hydrogen) atoms. The first-order chi connectivity index (χ1) is 9.06. The standard InChI is InChI=1S/C13H14BrNO4/c14-10-2-1-3-11(6-10)19-5-4-12(16)15-7-9(8-15)13(17)18/h1-3,6,9H,4-5,7-8H2,(H,17,18). The predicted molar refractivity (Wildman–Crippen MR) is 72.0 cm³/mol. The molecular weight excluding hydrogens is 314 g/mol. The van der Waals surface area contributed by atoms with E-state index in [-0.39, 0.29) is 12.3 Å². The molecule has 0 bridgehead atoms. The van der Waals surface area contributed by atoms with Crippen molar-refractivity contribution in [3.05, 3.63) is 28.7 Å². The van der Waals surface area contributed by atoms with E-state index in [0.717, 1.165) is 4.47 Å². The lowest BCUT2D eigenvalue weighted by atomic mass is 10.0. The average molecular weight is 328 g/mol. The van der Waals surface area contributed by atoms with E-state index in [4.69, 9.17) is 9.84 Å². The zero-order valence-corrected chi connectivity index (χ0v) is 11.8. The Morgan fingerprint density at radius 3 is 2.79 bits per heavy atom. The molecule has 1 aliphatic heterocycles. The molecule has 1 fully saturated rings.